The zero-order valence-corrected chi connectivity index (χ0v) is 18.3. The topological polar surface area (TPSA) is 82.6 Å². The lowest BCUT2D eigenvalue weighted by molar-refractivity contribution is 0.0168. The fourth-order valence-electron chi connectivity index (χ4n) is 3.87. The van der Waals surface area contributed by atoms with E-state index in [4.69, 9.17) is 28.7 Å². The van der Waals surface area contributed by atoms with Crippen LogP contribution in [0.1, 0.15) is 38.5 Å². The second-order valence-electron chi connectivity index (χ2n) is 8.15. The summed E-state index contributed by atoms with van der Waals surface area (Å²) in [4.78, 5) is 4.75. The monoisotopic (exact) mass is 433 g/mol. The van der Waals surface area contributed by atoms with E-state index in [0.29, 0.717) is 33.0 Å². The predicted molar refractivity (Wildman–Crippen MR) is 119 cm³/mol. The van der Waals surface area contributed by atoms with Gasteiger partial charge in [0.1, 0.15) is 0 Å². The van der Waals surface area contributed by atoms with Crippen LogP contribution in [0.25, 0.3) is 0 Å². The summed E-state index contributed by atoms with van der Waals surface area (Å²) in [5.41, 5.74) is 0.914. The van der Waals surface area contributed by atoms with Gasteiger partial charge in [-0.1, -0.05) is 0 Å². The number of aliphatic imine (C=N–C) groups is 1. The molecular formula is C23H35N3O5. The van der Waals surface area contributed by atoms with E-state index in [1.54, 1.807) is 0 Å². The summed E-state index contributed by atoms with van der Waals surface area (Å²) in [6.07, 6.45) is 6.70. The fraction of sp³-hybridized carbons (Fsp3) is 0.696. The SMILES string of the molecule is c1cc2c(cc1NC(=NCC1CCCO1)NCCCOCC1CCCO1)OCCCO2. The van der Waals surface area contributed by atoms with Gasteiger partial charge in [-0.2, -0.15) is 0 Å². The molecule has 0 aromatic heterocycles. The van der Waals surface area contributed by atoms with Crippen molar-refractivity contribution in [1.82, 2.24) is 5.32 Å². The maximum atomic E-state index is 5.81. The summed E-state index contributed by atoms with van der Waals surface area (Å²) in [5.74, 6) is 2.30. The number of hydrogen-bond acceptors (Lipinski definition) is 6. The van der Waals surface area contributed by atoms with Crippen molar-refractivity contribution >= 4 is 11.6 Å². The first kappa shape index (κ1) is 22.2. The molecule has 172 valence electrons. The molecule has 2 fully saturated rings. The molecule has 2 saturated heterocycles. The number of benzene rings is 1. The molecule has 8 nitrogen and oxygen atoms in total. The standard InChI is InChI=1S/C23H35N3O5/c1-5-19(28-11-1)16-25-23(24-9-3-10-27-17-20-6-2-12-29-20)26-18-7-8-21-22(15-18)31-14-4-13-30-21/h7-8,15,19-20H,1-6,9-14,16-17H2,(H2,24,25,26). The number of anilines is 1. The Morgan fingerprint density at radius 1 is 0.968 bits per heavy atom. The third kappa shape index (κ3) is 7.26. The van der Waals surface area contributed by atoms with E-state index in [9.17, 15) is 0 Å². The van der Waals surface area contributed by atoms with Crippen LogP contribution in [-0.4, -0.2) is 70.9 Å². The first-order valence-electron chi connectivity index (χ1n) is 11.6. The maximum absolute atomic E-state index is 5.81. The molecule has 0 radical (unpaired) electrons. The van der Waals surface area contributed by atoms with E-state index in [1.165, 1.54) is 0 Å². The van der Waals surface area contributed by atoms with Crippen LogP contribution >= 0.6 is 0 Å². The van der Waals surface area contributed by atoms with Crippen molar-refractivity contribution in [2.45, 2.75) is 50.7 Å². The van der Waals surface area contributed by atoms with Gasteiger partial charge in [-0.15, -0.1) is 0 Å². The molecule has 0 amide bonds. The molecule has 0 aliphatic carbocycles. The van der Waals surface area contributed by atoms with Crippen molar-refractivity contribution in [3.8, 4) is 11.5 Å². The molecule has 8 heteroatoms. The molecular weight excluding hydrogens is 398 g/mol. The highest BCUT2D eigenvalue weighted by atomic mass is 16.5. The van der Waals surface area contributed by atoms with Gasteiger partial charge in [0, 0.05) is 44.5 Å². The van der Waals surface area contributed by atoms with Crippen molar-refractivity contribution in [3.05, 3.63) is 18.2 Å². The van der Waals surface area contributed by atoms with Gasteiger partial charge in [-0.25, -0.2) is 0 Å². The van der Waals surface area contributed by atoms with Gasteiger partial charge in [0.25, 0.3) is 0 Å². The van der Waals surface area contributed by atoms with E-state index in [1.807, 2.05) is 18.2 Å². The molecule has 3 aliphatic heterocycles. The molecule has 1 aromatic rings. The zero-order chi connectivity index (χ0) is 21.1. The molecule has 3 heterocycles. The van der Waals surface area contributed by atoms with Crippen LogP contribution in [-0.2, 0) is 14.2 Å². The fourth-order valence-corrected chi connectivity index (χ4v) is 3.87. The Morgan fingerprint density at radius 2 is 1.77 bits per heavy atom. The highest BCUT2D eigenvalue weighted by Crippen LogP contribution is 2.32. The molecule has 1 aromatic carbocycles. The Kier molecular flexibility index (Phi) is 8.67. The molecule has 0 spiro atoms. The highest BCUT2D eigenvalue weighted by molar-refractivity contribution is 5.94. The smallest absolute Gasteiger partial charge is 0.195 e. The Labute approximate surface area is 184 Å². The predicted octanol–water partition coefficient (Wildman–Crippen LogP) is 2.97. The second kappa shape index (κ2) is 12.1. The second-order valence-corrected chi connectivity index (χ2v) is 8.15. The van der Waals surface area contributed by atoms with Crippen molar-refractivity contribution in [2.75, 3.05) is 58.0 Å². The van der Waals surface area contributed by atoms with Gasteiger partial charge >= 0.3 is 0 Å². The van der Waals surface area contributed by atoms with Gasteiger partial charge in [-0.05, 0) is 44.2 Å². The maximum Gasteiger partial charge on any atom is 0.195 e. The van der Waals surface area contributed by atoms with Crippen LogP contribution in [0.3, 0.4) is 0 Å². The highest BCUT2D eigenvalue weighted by Gasteiger charge is 2.16. The van der Waals surface area contributed by atoms with Gasteiger partial charge < -0.3 is 34.3 Å². The summed E-state index contributed by atoms with van der Waals surface area (Å²) in [6.45, 7) is 5.87. The van der Waals surface area contributed by atoms with Crippen molar-refractivity contribution in [2.24, 2.45) is 4.99 Å². The molecule has 31 heavy (non-hydrogen) atoms. The number of nitrogens with zero attached hydrogens (tertiary/aromatic N) is 1. The lowest BCUT2D eigenvalue weighted by Crippen LogP contribution is -2.33. The van der Waals surface area contributed by atoms with Gasteiger partial charge in [-0.3, -0.25) is 4.99 Å². The Balaban J connectivity index is 1.27. The van der Waals surface area contributed by atoms with E-state index >= 15 is 0 Å². The molecule has 0 saturated carbocycles. The number of hydrogen-bond donors (Lipinski definition) is 2. The van der Waals surface area contributed by atoms with E-state index < -0.39 is 0 Å². The summed E-state index contributed by atoms with van der Waals surface area (Å²) in [5, 5.41) is 6.81. The quantitative estimate of drug-likeness (QED) is 0.352. The van der Waals surface area contributed by atoms with Crippen molar-refractivity contribution in [3.63, 3.8) is 0 Å². The van der Waals surface area contributed by atoms with E-state index in [2.05, 4.69) is 10.6 Å². The minimum atomic E-state index is 0.206. The first-order chi connectivity index (χ1) is 15.4. The Bertz CT molecular complexity index is 702. The van der Waals surface area contributed by atoms with Gasteiger partial charge in [0.05, 0.1) is 38.6 Å². The van der Waals surface area contributed by atoms with E-state index in [-0.39, 0.29) is 12.2 Å². The summed E-state index contributed by atoms with van der Waals surface area (Å²) < 4.78 is 28.6. The largest absolute Gasteiger partial charge is 0.490 e. The number of fused-ring (bicyclic) bond motifs is 1. The molecule has 4 rings (SSSR count). The zero-order valence-electron chi connectivity index (χ0n) is 18.3. The number of guanidine groups is 1. The number of rotatable bonds is 9. The third-order valence-corrected chi connectivity index (χ3v) is 5.57. The van der Waals surface area contributed by atoms with Crippen molar-refractivity contribution in [1.29, 1.82) is 0 Å². The molecule has 2 atom stereocenters. The average molecular weight is 434 g/mol. The minimum absolute atomic E-state index is 0.206. The van der Waals surface area contributed by atoms with Crippen LogP contribution in [0, 0.1) is 0 Å². The van der Waals surface area contributed by atoms with Crippen LogP contribution < -0.4 is 20.1 Å². The number of ether oxygens (including phenoxy) is 5. The Hall–Kier alpha value is -2.03. The molecule has 0 bridgehead atoms. The van der Waals surface area contributed by atoms with Gasteiger partial charge in [0.2, 0.25) is 0 Å². The van der Waals surface area contributed by atoms with E-state index in [0.717, 1.165) is 81.4 Å². The normalized spacial score (nSPS) is 23.5. The lowest BCUT2D eigenvalue weighted by atomic mass is 10.2. The number of nitrogens with one attached hydrogen (secondary N) is 2. The van der Waals surface area contributed by atoms with Crippen LogP contribution in [0.4, 0.5) is 5.69 Å². The average Bonchev–Trinajstić information content (AvgIpc) is 3.45. The Morgan fingerprint density at radius 3 is 2.58 bits per heavy atom. The van der Waals surface area contributed by atoms with Crippen LogP contribution in [0.5, 0.6) is 11.5 Å². The summed E-state index contributed by atoms with van der Waals surface area (Å²) in [7, 11) is 0. The lowest BCUT2D eigenvalue weighted by Gasteiger charge is -2.16. The minimum Gasteiger partial charge on any atom is -0.490 e. The van der Waals surface area contributed by atoms with Crippen molar-refractivity contribution < 1.29 is 23.7 Å². The molecule has 3 aliphatic rings. The third-order valence-electron chi connectivity index (χ3n) is 5.57. The van der Waals surface area contributed by atoms with Gasteiger partial charge in [0.15, 0.2) is 17.5 Å². The molecule has 2 N–H and O–H groups in total. The summed E-state index contributed by atoms with van der Waals surface area (Å²) >= 11 is 0. The summed E-state index contributed by atoms with van der Waals surface area (Å²) in [6, 6.07) is 5.90. The van der Waals surface area contributed by atoms with Crippen LogP contribution in [0.2, 0.25) is 0 Å². The first-order valence-corrected chi connectivity index (χ1v) is 11.6. The molecule has 2 unspecified atom stereocenters. The van der Waals surface area contributed by atoms with Crippen LogP contribution in [0.15, 0.2) is 23.2 Å².